The molecule has 0 aliphatic heterocycles. The van der Waals surface area contributed by atoms with Crippen LogP contribution >= 0.6 is 7.82 Å². The number of carbonyl (C=O) groups excluding carboxylic acids is 2. The molecule has 0 radical (unpaired) electrons. The molecule has 0 aromatic rings. The lowest BCUT2D eigenvalue weighted by atomic mass is 10.0. The van der Waals surface area contributed by atoms with Crippen LogP contribution in [0.25, 0.3) is 0 Å². The summed E-state index contributed by atoms with van der Waals surface area (Å²) in [4.78, 5) is 35.5. The average Bonchev–Trinajstić information content (AvgIpc) is 2.69. The third kappa shape index (κ3) is 80.5. The molecule has 9 nitrogen and oxygen atoms in total. The lowest BCUT2D eigenvalue weighted by molar-refractivity contribution is -0.161. The van der Waals surface area contributed by atoms with Crippen LogP contribution in [-0.2, 0) is 32.7 Å². The largest absolute Gasteiger partial charge is 0.472 e. The quantitative estimate of drug-likeness (QED) is 0.0264. The van der Waals surface area contributed by atoms with Crippen LogP contribution in [-0.4, -0.2) is 49.3 Å². The summed E-state index contributed by atoms with van der Waals surface area (Å²) in [5.74, 6) is -0.821. The number of unbranched alkanes of at least 4 members (excludes halogenated alkanes) is 35. The van der Waals surface area contributed by atoms with Crippen molar-refractivity contribution in [2.24, 2.45) is 5.73 Å². The smallest absolute Gasteiger partial charge is 0.462 e. The first-order chi connectivity index (χ1) is 47.8. The molecule has 2 unspecified atom stereocenters. The molecule has 554 valence electrons. The number of hydrogen-bond acceptors (Lipinski definition) is 8. The van der Waals surface area contributed by atoms with Crippen molar-refractivity contribution in [3.8, 4) is 0 Å². The van der Waals surface area contributed by atoms with Gasteiger partial charge in [0, 0.05) is 19.4 Å². The van der Waals surface area contributed by atoms with Gasteiger partial charge >= 0.3 is 19.8 Å². The molecule has 0 rings (SSSR count). The summed E-state index contributed by atoms with van der Waals surface area (Å²) in [6.07, 6.45) is 118. The van der Waals surface area contributed by atoms with Gasteiger partial charge in [0.2, 0.25) is 0 Å². The third-order valence-corrected chi connectivity index (χ3v) is 17.9. The topological polar surface area (TPSA) is 134 Å². The normalized spacial score (nSPS) is 13.7. The van der Waals surface area contributed by atoms with Crippen molar-refractivity contribution in [3.63, 3.8) is 0 Å². The monoisotopic (exact) mass is 1370 g/mol. The van der Waals surface area contributed by atoms with Gasteiger partial charge in [-0.3, -0.25) is 18.6 Å². The number of nitrogens with two attached hydrogens (primary N) is 1. The summed E-state index contributed by atoms with van der Waals surface area (Å²) in [7, 11) is -4.40. The minimum absolute atomic E-state index is 0.0492. The van der Waals surface area contributed by atoms with Gasteiger partial charge in [-0.2, -0.15) is 0 Å². The number of hydrogen-bond donors (Lipinski definition) is 2. The molecule has 2 atom stereocenters. The maximum absolute atomic E-state index is 12.8. The SMILES string of the molecule is CC/C=C\C/C=C\C/C=C\C/C=C\C/C=C\C/C=C\C/C=C\CCCCCCCCCCCCCCCC(=O)OC(COC(=O)CCCCCCCCCCCCCCCCCCCCCCCC/C=C\C/C=C\C/C=C\C/C=C\C/C=C\C/C=C\CC)COP(=O)(O)OCCN. The Morgan fingerprint density at radius 3 is 0.794 bits per heavy atom. The van der Waals surface area contributed by atoms with Crippen LogP contribution in [0.1, 0.15) is 348 Å². The predicted molar refractivity (Wildman–Crippen MR) is 422 cm³/mol. The van der Waals surface area contributed by atoms with Crippen molar-refractivity contribution in [2.75, 3.05) is 26.4 Å². The number of phosphoric ester groups is 1. The Labute approximate surface area is 598 Å². The molecule has 0 heterocycles. The fourth-order valence-electron chi connectivity index (χ4n) is 11.1. The molecule has 0 fully saturated rings. The van der Waals surface area contributed by atoms with E-state index in [1.807, 2.05) is 0 Å². The van der Waals surface area contributed by atoms with Gasteiger partial charge in [0.05, 0.1) is 13.2 Å². The molecule has 0 aromatic carbocycles. The van der Waals surface area contributed by atoms with Gasteiger partial charge in [-0.15, -0.1) is 0 Å². The maximum atomic E-state index is 12.8. The van der Waals surface area contributed by atoms with Crippen LogP contribution in [0.5, 0.6) is 0 Å². The van der Waals surface area contributed by atoms with Crippen molar-refractivity contribution >= 4 is 19.8 Å². The van der Waals surface area contributed by atoms with E-state index in [2.05, 4.69) is 172 Å². The van der Waals surface area contributed by atoms with Crippen molar-refractivity contribution in [1.29, 1.82) is 0 Å². The molecule has 3 N–H and O–H groups in total. The summed E-state index contributed by atoms with van der Waals surface area (Å²) < 4.78 is 33.3. The van der Waals surface area contributed by atoms with Crippen LogP contribution in [0.4, 0.5) is 0 Å². The minimum Gasteiger partial charge on any atom is -0.462 e. The standard InChI is InChI=1S/C87H148NO8P/c1-3-5-7-9-11-13-15-17-19-21-23-25-27-29-31-33-35-37-39-40-41-42-43-44-46-47-49-51-53-55-57-59-61-63-65-67-69-71-73-75-77-79-86(89)93-83-85(84-95-97(91,92)94-82-81-88)96-87(90)80-78-76-74-72-70-68-66-64-62-60-58-56-54-52-50-48-45-38-36-34-32-30-28-26-24-22-20-18-16-14-12-10-8-6-4-2/h5-8,11-14,17-20,23-26,29-32,35-38,48,50,85H,3-4,9-10,15-16,21-22,27-28,33-34,39-47,49,51-84,88H2,1-2H3,(H,91,92)/b7-5-,8-6-,13-11-,14-12-,19-17-,20-18-,25-23-,26-24-,31-29-,32-30-,37-35-,38-36-,50-48-. The second kappa shape index (κ2) is 80.6. The van der Waals surface area contributed by atoms with Crippen molar-refractivity contribution < 1.29 is 37.6 Å². The second-order valence-electron chi connectivity index (χ2n) is 26.2. The highest BCUT2D eigenvalue weighted by Gasteiger charge is 2.26. The van der Waals surface area contributed by atoms with E-state index < -0.39 is 26.5 Å². The van der Waals surface area contributed by atoms with E-state index in [9.17, 15) is 19.0 Å². The van der Waals surface area contributed by atoms with Crippen LogP contribution < -0.4 is 5.73 Å². The summed E-state index contributed by atoms with van der Waals surface area (Å²) in [5.41, 5.74) is 5.42. The fraction of sp³-hybridized carbons (Fsp3) is 0.678. The van der Waals surface area contributed by atoms with Crippen LogP contribution in [0.3, 0.4) is 0 Å². The molecule has 0 saturated heterocycles. The second-order valence-corrected chi connectivity index (χ2v) is 27.6. The van der Waals surface area contributed by atoms with E-state index >= 15 is 0 Å². The van der Waals surface area contributed by atoms with Crippen molar-refractivity contribution in [2.45, 2.75) is 354 Å². The zero-order chi connectivity index (χ0) is 70.0. The molecule has 97 heavy (non-hydrogen) atoms. The number of ether oxygens (including phenoxy) is 2. The molecule has 0 spiro atoms. The molecule has 0 aromatic heterocycles. The van der Waals surface area contributed by atoms with E-state index in [-0.39, 0.29) is 38.6 Å². The highest BCUT2D eigenvalue weighted by atomic mass is 31.2. The molecule has 0 aliphatic rings. The van der Waals surface area contributed by atoms with Gasteiger partial charge in [-0.25, -0.2) is 4.57 Å². The van der Waals surface area contributed by atoms with Gasteiger partial charge in [0.25, 0.3) is 0 Å². The Morgan fingerprint density at radius 2 is 0.536 bits per heavy atom. The predicted octanol–water partition coefficient (Wildman–Crippen LogP) is 27.1. The first-order valence-corrected chi connectivity index (χ1v) is 41.5. The van der Waals surface area contributed by atoms with E-state index in [4.69, 9.17) is 24.3 Å². The van der Waals surface area contributed by atoms with Gasteiger partial charge < -0.3 is 20.1 Å². The zero-order valence-electron chi connectivity index (χ0n) is 62.5. The number of carbonyl (C=O) groups is 2. The van der Waals surface area contributed by atoms with Crippen LogP contribution in [0, 0.1) is 0 Å². The first kappa shape index (κ1) is 92.6. The molecule has 0 saturated carbocycles. The molecular weight excluding hydrogens is 1220 g/mol. The lowest BCUT2D eigenvalue weighted by Crippen LogP contribution is -2.29. The number of esters is 2. The summed E-state index contributed by atoms with van der Waals surface area (Å²) in [5, 5.41) is 0. The molecule has 0 bridgehead atoms. The third-order valence-electron chi connectivity index (χ3n) is 16.9. The summed E-state index contributed by atoms with van der Waals surface area (Å²) in [6, 6.07) is 0. The van der Waals surface area contributed by atoms with Gasteiger partial charge in [-0.1, -0.05) is 371 Å². The lowest BCUT2D eigenvalue weighted by Gasteiger charge is -2.19. The molecule has 0 amide bonds. The summed E-state index contributed by atoms with van der Waals surface area (Å²) >= 11 is 0. The highest BCUT2D eigenvalue weighted by Crippen LogP contribution is 2.43. The van der Waals surface area contributed by atoms with Crippen LogP contribution in [0.15, 0.2) is 158 Å². The Kier molecular flexibility index (Phi) is 77.0. The van der Waals surface area contributed by atoms with E-state index in [0.717, 1.165) is 122 Å². The zero-order valence-corrected chi connectivity index (χ0v) is 63.4. The highest BCUT2D eigenvalue weighted by molar-refractivity contribution is 7.47. The maximum Gasteiger partial charge on any atom is 0.472 e. The fourth-order valence-corrected chi connectivity index (χ4v) is 11.9. The van der Waals surface area contributed by atoms with Crippen molar-refractivity contribution in [1.82, 2.24) is 0 Å². The van der Waals surface area contributed by atoms with E-state index in [0.29, 0.717) is 6.42 Å². The van der Waals surface area contributed by atoms with Gasteiger partial charge in [0.1, 0.15) is 6.61 Å². The molecular formula is C87H148NO8P. The summed E-state index contributed by atoms with van der Waals surface area (Å²) in [6.45, 7) is 3.54. The number of allylic oxidation sites excluding steroid dienone is 26. The van der Waals surface area contributed by atoms with E-state index in [1.54, 1.807) is 0 Å². The van der Waals surface area contributed by atoms with E-state index in [1.165, 1.54) is 193 Å². The Hall–Kier alpha value is -4.37. The van der Waals surface area contributed by atoms with Gasteiger partial charge in [0.15, 0.2) is 6.10 Å². The average molecular weight is 1370 g/mol. The Balaban J connectivity index is 3.82. The molecule has 0 aliphatic carbocycles. The van der Waals surface area contributed by atoms with Crippen LogP contribution in [0.2, 0.25) is 0 Å². The van der Waals surface area contributed by atoms with Crippen molar-refractivity contribution in [3.05, 3.63) is 158 Å². The number of phosphoric acid groups is 1. The minimum atomic E-state index is -4.40. The molecule has 10 heteroatoms. The first-order valence-electron chi connectivity index (χ1n) is 40.0. The Morgan fingerprint density at radius 1 is 0.309 bits per heavy atom. The van der Waals surface area contributed by atoms with Gasteiger partial charge in [-0.05, 0) is 122 Å². The number of rotatable bonds is 74. The Bertz CT molecular complexity index is 2160.